The van der Waals surface area contributed by atoms with Crippen molar-refractivity contribution in [2.45, 2.75) is 174 Å². The van der Waals surface area contributed by atoms with E-state index in [2.05, 4.69) is 26.0 Å². The molecular weight excluding hydrogens is 476 g/mol. The minimum absolute atomic E-state index is 0.124. The molecule has 38 heavy (non-hydrogen) atoms. The molecule has 0 aliphatic carbocycles. The molecule has 0 aromatic heterocycles. The van der Waals surface area contributed by atoms with Crippen molar-refractivity contribution >= 4 is 11.6 Å². The minimum Gasteiger partial charge on any atom is -0.394 e. The van der Waals surface area contributed by atoms with Crippen molar-refractivity contribution in [1.82, 2.24) is 0 Å². The van der Waals surface area contributed by atoms with Crippen LogP contribution in [0.15, 0.2) is 12.2 Å². The molecule has 0 spiro atoms. The number of unbranched alkanes of at least 4 members (excludes halogenated alkanes) is 18. The van der Waals surface area contributed by atoms with Crippen molar-refractivity contribution in [2.75, 3.05) is 6.61 Å². The van der Waals surface area contributed by atoms with Gasteiger partial charge in [0, 0.05) is 6.42 Å². The molecule has 0 heterocycles. The lowest BCUT2D eigenvalue weighted by Gasteiger charge is -2.21. The highest BCUT2D eigenvalue weighted by Crippen LogP contribution is 2.20. The first-order chi connectivity index (χ1) is 18.5. The van der Waals surface area contributed by atoms with Crippen LogP contribution in [0.2, 0.25) is 0 Å². The normalized spacial score (nSPS) is 14.1. The third-order valence-electron chi connectivity index (χ3n) is 7.61. The fourth-order valence-electron chi connectivity index (χ4n) is 4.98. The fourth-order valence-corrected chi connectivity index (χ4v) is 4.98. The maximum absolute atomic E-state index is 12.9. The number of hydrogen-bond donors (Lipinski definition) is 3. The van der Waals surface area contributed by atoms with Crippen molar-refractivity contribution < 1.29 is 24.9 Å². The fraction of sp³-hybridized carbons (Fsp3) is 0.879. The third-order valence-corrected chi connectivity index (χ3v) is 7.61. The average molecular weight is 539 g/mol. The molecule has 0 radical (unpaired) electrons. The molecule has 5 heteroatoms. The van der Waals surface area contributed by atoms with Crippen LogP contribution in [-0.4, -0.2) is 45.7 Å². The van der Waals surface area contributed by atoms with Crippen molar-refractivity contribution in [3.63, 3.8) is 0 Å². The third kappa shape index (κ3) is 20.9. The average Bonchev–Trinajstić information content (AvgIpc) is 2.93. The first kappa shape index (κ1) is 37.0. The van der Waals surface area contributed by atoms with Gasteiger partial charge >= 0.3 is 0 Å². The lowest BCUT2D eigenvalue weighted by Crippen LogP contribution is -2.42. The number of aliphatic hydroxyl groups is 3. The second kappa shape index (κ2) is 27.5. The summed E-state index contributed by atoms with van der Waals surface area (Å²) < 4.78 is 0. The summed E-state index contributed by atoms with van der Waals surface area (Å²) in [6.07, 6.45) is 26.5. The molecule has 0 aromatic rings. The van der Waals surface area contributed by atoms with Gasteiger partial charge in [0.05, 0.1) is 12.5 Å². The molecule has 224 valence electrons. The predicted molar refractivity (Wildman–Crippen MR) is 159 cm³/mol. The zero-order chi connectivity index (χ0) is 28.3. The Labute approximate surface area is 234 Å². The van der Waals surface area contributed by atoms with Crippen LogP contribution in [-0.2, 0) is 9.59 Å². The maximum Gasteiger partial charge on any atom is 0.174 e. The second-order valence-corrected chi connectivity index (χ2v) is 11.2. The smallest absolute Gasteiger partial charge is 0.174 e. The van der Waals surface area contributed by atoms with Crippen LogP contribution in [0.4, 0.5) is 0 Å². The molecule has 0 aliphatic heterocycles. The number of hydrogen-bond acceptors (Lipinski definition) is 5. The van der Waals surface area contributed by atoms with E-state index in [9.17, 15) is 19.8 Å². The van der Waals surface area contributed by atoms with E-state index in [0.717, 1.165) is 57.8 Å². The van der Waals surface area contributed by atoms with E-state index in [4.69, 9.17) is 5.11 Å². The van der Waals surface area contributed by atoms with Crippen LogP contribution < -0.4 is 0 Å². The Morgan fingerprint density at radius 2 is 1.03 bits per heavy atom. The van der Waals surface area contributed by atoms with Gasteiger partial charge in [-0.1, -0.05) is 129 Å². The molecule has 0 saturated carbocycles. The molecule has 0 fully saturated rings. The van der Waals surface area contributed by atoms with Gasteiger partial charge < -0.3 is 15.3 Å². The predicted octanol–water partition coefficient (Wildman–Crippen LogP) is 8.02. The van der Waals surface area contributed by atoms with E-state index < -0.39 is 30.5 Å². The number of carbonyl (C=O) groups is 2. The van der Waals surface area contributed by atoms with Crippen LogP contribution in [0, 0.1) is 5.92 Å². The molecule has 3 atom stereocenters. The molecule has 3 N–H and O–H groups in total. The van der Waals surface area contributed by atoms with Crippen LogP contribution in [0.5, 0.6) is 0 Å². The van der Waals surface area contributed by atoms with Gasteiger partial charge in [-0.3, -0.25) is 9.59 Å². The number of Topliss-reactive ketones (excluding diaryl/α,β-unsaturated/α-hetero) is 2. The highest BCUT2D eigenvalue weighted by atomic mass is 16.4. The number of carbonyl (C=O) groups excluding carboxylic acids is 2. The molecule has 3 unspecified atom stereocenters. The van der Waals surface area contributed by atoms with Crippen LogP contribution in [0.1, 0.15) is 162 Å². The van der Waals surface area contributed by atoms with E-state index in [-0.39, 0.29) is 5.78 Å². The maximum atomic E-state index is 12.9. The van der Waals surface area contributed by atoms with Gasteiger partial charge in [-0.05, 0) is 38.5 Å². The monoisotopic (exact) mass is 538 g/mol. The van der Waals surface area contributed by atoms with E-state index in [1.54, 1.807) is 0 Å². The van der Waals surface area contributed by atoms with Gasteiger partial charge in [0.1, 0.15) is 18.0 Å². The second-order valence-electron chi connectivity index (χ2n) is 11.2. The molecule has 0 bridgehead atoms. The van der Waals surface area contributed by atoms with Gasteiger partial charge in [0.25, 0.3) is 0 Å². The summed E-state index contributed by atoms with van der Waals surface area (Å²) in [5, 5.41) is 29.0. The Morgan fingerprint density at radius 1 is 0.605 bits per heavy atom. The van der Waals surface area contributed by atoms with Crippen molar-refractivity contribution in [3.8, 4) is 0 Å². The topological polar surface area (TPSA) is 94.8 Å². The van der Waals surface area contributed by atoms with E-state index >= 15 is 0 Å². The highest BCUT2D eigenvalue weighted by Gasteiger charge is 2.33. The standard InChI is InChI=1S/C33H62O5/c1-3-5-7-9-11-13-15-17-18-20-22-24-26-29(32(37)33(38)31(36)28-34)30(35)27-25-23-21-19-16-14-12-10-8-6-4-2/h13,15,29,31,33-34,36,38H,3-12,14,16-28H2,1-2H3/b15-13-. The Balaban J connectivity index is 4.26. The number of aliphatic hydroxyl groups excluding tert-OH is 3. The van der Waals surface area contributed by atoms with E-state index in [0.29, 0.717) is 12.8 Å². The van der Waals surface area contributed by atoms with Gasteiger partial charge in [0.15, 0.2) is 5.78 Å². The summed E-state index contributed by atoms with van der Waals surface area (Å²) in [5.41, 5.74) is 0. The molecule has 0 saturated heterocycles. The number of allylic oxidation sites excluding steroid dienone is 2. The lowest BCUT2D eigenvalue weighted by atomic mass is 9.86. The number of rotatable bonds is 29. The summed E-state index contributed by atoms with van der Waals surface area (Å²) in [4.78, 5) is 25.7. The largest absolute Gasteiger partial charge is 0.394 e. The first-order valence-corrected chi connectivity index (χ1v) is 16.2. The Bertz CT molecular complexity index is 574. The van der Waals surface area contributed by atoms with Crippen molar-refractivity contribution in [3.05, 3.63) is 12.2 Å². The van der Waals surface area contributed by atoms with Crippen molar-refractivity contribution in [2.24, 2.45) is 5.92 Å². The summed E-state index contributed by atoms with van der Waals surface area (Å²) in [6.45, 7) is 3.77. The zero-order valence-corrected chi connectivity index (χ0v) is 25.0. The van der Waals surface area contributed by atoms with Crippen molar-refractivity contribution in [1.29, 1.82) is 0 Å². The Kier molecular flexibility index (Phi) is 26.8. The van der Waals surface area contributed by atoms with Gasteiger partial charge in [0.2, 0.25) is 0 Å². The first-order valence-electron chi connectivity index (χ1n) is 16.2. The van der Waals surface area contributed by atoms with E-state index in [1.165, 1.54) is 77.0 Å². The highest BCUT2D eigenvalue weighted by molar-refractivity contribution is 6.04. The van der Waals surface area contributed by atoms with Gasteiger partial charge in [-0.2, -0.15) is 0 Å². The lowest BCUT2D eigenvalue weighted by molar-refractivity contribution is -0.144. The summed E-state index contributed by atoms with van der Waals surface area (Å²) in [7, 11) is 0. The van der Waals surface area contributed by atoms with Gasteiger partial charge in [-0.15, -0.1) is 0 Å². The van der Waals surface area contributed by atoms with Crippen LogP contribution in [0.25, 0.3) is 0 Å². The summed E-state index contributed by atoms with van der Waals surface area (Å²) >= 11 is 0. The number of ketones is 2. The van der Waals surface area contributed by atoms with E-state index in [1.807, 2.05) is 0 Å². The summed E-state index contributed by atoms with van der Waals surface area (Å²) in [6, 6.07) is 0. The molecule has 0 amide bonds. The molecule has 0 rings (SSSR count). The van der Waals surface area contributed by atoms with Crippen LogP contribution in [0.3, 0.4) is 0 Å². The molecule has 5 nitrogen and oxygen atoms in total. The SMILES string of the molecule is CCCCCC/C=C\CCCCCCC(C(=O)CCCCCCCCCCCCC)C(=O)C(O)C(O)CO. The van der Waals surface area contributed by atoms with Crippen LogP contribution >= 0.6 is 0 Å². The van der Waals surface area contributed by atoms with Gasteiger partial charge in [-0.25, -0.2) is 0 Å². The zero-order valence-electron chi connectivity index (χ0n) is 25.0. The molecule has 0 aliphatic rings. The Morgan fingerprint density at radius 3 is 1.53 bits per heavy atom. The molecular formula is C33H62O5. The minimum atomic E-state index is -1.70. The quantitative estimate of drug-likeness (QED) is 0.0509. The summed E-state index contributed by atoms with van der Waals surface area (Å²) in [5.74, 6) is -1.64. The molecule has 0 aromatic carbocycles. The Hall–Kier alpha value is -1.04.